The third-order valence-corrected chi connectivity index (χ3v) is 2.94. The van der Waals surface area contributed by atoms with Gasteiger partial charge in [-0.05, 0) is 38.5 Å². The van der Waals surface area contributed by atoms with E-state index in [9.17, 15) is 4.79 Å². The molecule has 0 spiro atoms. The summed E-state index contributed by atoms with van der Waals surface area (Å²) in [6, 6.07) is 7.37. The molecular formula is C12H17BrN2O. The Morgan fingerprint density at radius 3 is 2.31 bits per heavy atom. The quantitative estimate of drug-likeness (QED) is 0.894. The number of nitrogens with two attached hydrogens (primary N) is 1. The van der Waals surface area contributed by atoms with Crippen LogP contribution in [0.25, 0.3) is 0 Å². The number of hydrogen-bond acceptors (Lipinski definition) is 2. The third kappa shape index (κ3) is 3.32. The maximum Gasteiger partial charge on any atom is 0.237 e. The second-order valence-electron chi connectivity index (χ2n) is 4.41. The first-order valence-corrected chi connectivity index (χ1v) is 5.96. The molecule has 0 unspecified atom stereocenters. The molecule has 1 aromatic rings. The lowest BCUT2D eigenvalue weighted by molar-refractivity contribution is -0.123. The van der Waals surface area contributed by atoms with E-state index in [1.54, 1.807) is 6.92 Å². The Labute approximate surface area is 105 Å². The molecule has 88 valence electrons. The van der Waals surface area contributed by atoms with Crippen molar-refractivity contribution in [3.05, 3.63) is 34.3 Å². The minimum atomic E-state index is -0.491. The Morgan fingerprint density at radius 2 is 1.88 bits per heavy atom. The number of carbonyl (C=O) groups is 1. The van der Waals surface area contributed by atoms with Gasteiger partial charge in [0, 0.05) is 4.47 Å². The molecular weight excluding hydrogens is 268 g/mol. The predicted octanol–water partition coefficient (Wildman–Crippen LogP) is 2.15. The van der Waals surface area contributed by atoms with E-state index in [0.29, 0.717) is 0 Å². The van der Waals surface area contributed by atoms with Gasteiger partial charge in [0.25, 0.3) is 0 Å². The number of amides is 1. The van der Waals surface area contributed by atoms with Gasteiger partial charge in [-0.15, -0.1) is 0 Å². The van der Waals surface area contributed by atoms with E-state index >= 15 is 0 Å². The molecule has 0 saturated carbocycles. The minimum Gasteiger partial charge on any atom is -0.346 e. The smallest absolute Gasteiger partial charge is 0.237 e. The van der Waals surface area contributed by atoms with E-state index in [-0.39, 0.29) is 5.91 Å². The molecule has 1 amide bonds. The van der Waals surface area contributed by atoms with Crippen molar-refractivity contribution in [3.8, 4) is 0 Å². The first kappa shape index (κ1) is 13.2. The summed E-state index contributed by atoms with van der Waals surface area (Å²) >= 11 is 3.38. The predicted molar refractivity (Wildman–Crippen MR) is 69.0 cm³/mol. The number of benzene rings is 1. The van der Waals surface area contributed by atoms with Crippen molar-refractivity contribution in [2.24, 2.45) is 5.73 Å². The zero-order valence-corrected chi connectivity index (χ0v) is 11.3. The summed E-state index contributed by atoms with van der Waals surface area (Å²) in [5.41, 5.74) is 6.16. The first-order chi connectivity index (χ1) is 7.33. The maximum absolute atomic E-state index is 11.6. The molecule has 1 atom stereocenters. The first-order valence-electron chi connectivity index (χ1n) is 5.16. The third-order valence-electron chi connectivity index (χ3n) is 2.42. The molecule has 0 heterocycles. The molecule has 0 aromatic heterocycles. The lowest BCUT2D eigenvalue weighted by Crippen LogP contribution is -2.47. The van der Waals surface area contributed by atoms with Crippen LogP contribution in [-0.2, 0) is 10.3 Å². The summed E-state index contributed by atoms with van der Waals surface area (Å²) in [6.45, 7) is 5.58. The molecule has 0 aliphatic heterocycles. The highest BCUT2D eigenvalue weighted by molar-refractivity contribution is 9.10. The van der Waals surface area contributed by atoms with Crippen LogP contribution in [-0.4, -0.2) is 11.9 Å². The SMILES string of the molecule is C[C@@H](N)C(=O)NC(C)(C)c1ccc(Br)cc1. The topological polar surface area (TPSA) is 55.1 Å². The Balaban J connectivity index is 2.85. The summed E-state index contributed by atoms with van der Waals surface area (Å²) in [7, 11) is 0. The Kier molecular flexibility index (Phi) is 4.10. The monoisotopic (exact) mass is 284 g/mol. The Hall–Kier alpha value is -0.870. The normalized spacial score (nSPS) is 13.3. The number of hydrogen-bond donors (Lipinski definition) is 2. The van der Waals surface area contributed by atoms with Crippen LogP contribution in [0.3, 0.4) is 0 Å². The molecule has 4 heteroatoms. The van der Waals surface area contributed by atoms with Gasteiger partial charge in [0.2, 0.25) is 5.91 Å². The van der Waals surface area contributed by atoms with Crippen molar-refractivity contribution < 1.29 is 4.79 Å². The standard InChI is InChI=1S/C12H17BrN2O/c1-8(14)11(16)15-12(2,3)9-4-6-10(13)7-5-9/h4-8H,14H2,1-3H3,(H,15,16)/t8-/m1/s1. The molecule has 1 rings (SSSR count). The van der Waals surface area contributed by atoms with Gasteiger partial charge in [0.1, 0.15) is 0 Å². The van der Waals surface area contributed by atoms with Crippen LogP contribution in [0.1, 0.15) is 26.3 Å². The van der Waals surface area contributed by atoms with Gasteiger partial charge in [-0.25, -0.2) is 0 Å². The largest absolute Gasteiger partial charge is 0.346 e. The average molecular weight is 285 g/mol. The molecule has 0 radical (unpaired) electrons. The second-order valence-corrected chi connectivity index (χ2v) is 5.33. The lowest BCUT2D eigenvalue weighted by Gasteiger charge is -2.28. The van der Waals surface area contributed by atoms with Crippen LogP contribution in [0.4, 0.5) is 0 Å². The van der Waals surface area contributed by atoms with Crippen molar-refractivity contribution in [3.63, 3.8) is 0 Å². The number of nitrogens with one attached hydrogen (secondary N) is 1. The van der Waals surface area contributed by atoms with Gasteiger partial charge in [-0.2, -0.15) is 0 Å². The van der Waals surface area contributed by atoms with Gasteiger partial charge in [-0.3, -0.25) is 4.79 Å². The summed E-state index contributed by atoms with van der Waals surface area (Å²) in [4.78, 5) is 11.6. The minimum absolute atomic E-state index is 0.145. The summed E-state index contributed by atoms with van der Waals surface area (Å²) in [6.07, 6.45) is 0. The van der Waals surface area contributed by atoms with E-state index in [1.165, 1.54) is 0 Å². The zero-order valence-electron chi connectivity index (χ0n) is 9.75. The fraction of sp³-hybridized carbons (Fsp3) is 0.417. The van der Waals surface area contributed by atoms with Crippen molar-refractivity contribution in [1.82, 2.24) is 5.32 Å². The molecule has 0 aliphatic rings. The van der Waals surface area contributed by atoms with Gasteiger partial charge in [-0.1, -0.05) is 28.1 Å². The van der Waals surface area contributed by atoms with Crippen LogP contribution in [0.2, 0.25) is 0 Å². The van der Waals surface area contributed by atoms with Gasteiger partial charge in [0.15, 0.2) is 0 Å². The molecule has 3 nitrogen and oxygen atoms in total. The maximum atomic E-state index is 11.6. The van der Waals surface area contributed by atoms with Crippen molar-refractivity contribution in [2.45, 2.75) is 32.4 Å². The van der Waals surface area contributed by atoms with E-state index in [2.05, 4.69) is 21.2 Å². The van der Waals surface area contributed by atoms with Crippen molar-refractivity contribution in [2.75, 3.05) is 0 Å². The summed E-state index contributed by atoms with van der Waals surface area (Å²) in [5.74, 6) is -0.145. The Morgan fingerprint density at radius 1 is 1.38 bits per heavy atom. The molecule has 16 heavy (non-hydrogen) atoms. The average Bonchev–Trinajstić information content (AvgIpc) is 2.17. The fourth-order valence-corrected chi connectivity index (χ4v) is 1.62. The molecule has 1 aromatic carbocycles. The molecule has 3 N–H and O–H groups in total. The van der Waals surface area contributed by atoms with E-state index in [4.69, 9.17) is 5.73 Å². The van der Waals surface area contributed by atoms with Crippen LogP contribution < -0.4 is 11.1 Å². The fourth-order valence-electron chi connectivity index (χ4n) is 1.36. The number of carbonyl (C=O) groups excluding carboxylic acids is 1. The molecule has 0 saturated heterocycles. The van der Waals surface area contributed by atoms with Gasteiger partial charge < -0.3 is 11.1 Å². The van der Waals surface area contributed by atoms with Crippen molar-refractivity contribution >= 4 is 21.8 Å². The lowest BCUT2D eigenvalue weighted by atomic mass is 9.94. The number of rotatable bonds is 3. The van der Waals surface area contributed by atoms with Crippen LogP contribution in [0.15, 0.2) is 28.7 Å². The summed E-state index contributed by atoms with van der Waals surface area (Å²) in [5, 5.41) is 2.91. The molecule has 0 fully saturated rings. The summed E-state index contributed by atoms with van der Waals surface area (Å²) < 4.78 is 1.02. The van der Waals surface area contributed by atoms with Gasteiger partial charge >= 0.3 is 0 Å². The highest BCUT2D eigenvalue weighted by Gasteiger charge is 2.23. The Bertz CT molecular complexity index is 371. The van der Waals surface area contributed by atoms with E-state index in [1.807, 2.05) is 38.1 Å². The van der Waals surface area contributed by atoms with E-state index < -0.39 is 11.6 Å². The zero-order chi connectivity index (χ0) is 12.3. The highest BCUT2D eigenvalue weighted by Crippen LogP contribution is 2.22. The van der Waals surface area contributed by atoms with Crippen LogP contribution in [0, 0.1) is 0 Å². The number of halogens is 1. The van der Waals surface area contributed by atoms with Gasteiger partial charge in [0.05, 0.1) is 11.6 Å². The van der Waals surface area contributed by atoms with Crippen molar-refractivity contribution in [1.29, 1.82) is 0 Å². The van der Waals surface area contributed by atoms with Crippen LogP contribution in [0.5, 0.6) is 0 Å². The van der Waals surface area contributed by atoms with Crippen LogP contribution >= 0.6 is 15.9 Å². The van der Waals surface area contributed by atoms with E-state index in [0.717, 1.165) is 10.0 Å². The molecule has 0 bridgehead atoms. The highest BCUT2D eigenvalue weighted by atomic mass is 79.9. The molecule has 0 aliphatic carbocycles. The second kappa shape index (κ2) is 4.97.